The van der Waals surface area contributed by atoms with Gasteiger partial charge in [-0.05, 0) is 18.9 Å². The maximum Gasteiger partial charge on any atom is 0.322 e. The Hall–Kier alpha value is -1.57. The molecule has 1 N–H and O–H groups in total. The van der Waals surface area contributed by atoms with Gasteiger partial charge in [0.2, 0.25) is 0 Å². The normalized spacial score (nSPS) is 14.0. The van der Waals surface area contributed by atoms with Gasteiger partial charge in [0, 0.05) is 6.21 Å². The molecule has 24 heavy (non-hydrogen) atoms. The van der Waals surface area contributed by atoms with Crippen LogP contribution in [0, 0.1) is 11.8 Å². The first kappa shape index (κ1) is 20.5. The molecule has 0 spiro atoms. The summed E-state index contributed by atoms with van der Waals surface area (Å²) < 4.78 is 4.92. The van der Waals surface area contributed by atoms with Crippen molar-refractivity contribution in [3.05, 3.63) is 21.9 Å². The highest BCUT2D eigenvalue weighted by Crippen LogP contribution is 2.20. The Labute approximate surface area is 150 Å². The molecule has 0 aromatic carbocycles. The molecule has 0 saturated carbocycles. The molecule has 9 heteroatoms. The number of halogens is 2. The van der Waals surface area contributed by atoms with Crippen molar-refractivity contribution in [1.29, 1.82) is 0 Å². The molecule has 0 fully saturated rings. The van der Waals surface area contributed by atoms with E-state index < -0.39 is 23.7 Å². The van der Waals surface area contributed by atoms with Crippen LogP contribution in [0.1, 0.15) is 31.1 Å². The summed E-state index contributed by atoms with van der Waals surface area (Å²) in [5, 5.41) is 16.2. The third-order valence-electron chi connectivity index (χ3n) is 3.19. The summed E-state index contributed by atoms with van der Waals surface area (Å²) in [6.07, 6.45) is 1.17. The van der Waals surface area contributed by atoms with Gasteiger partial charge in [-0.1, -0.05) is 37.0 Å². The van der Waals surface area contributed by atoms with Crippen molar-refractivity contribution in [3.63, 3.8) is 0 Å². The number of ether oxygens (including phenoxy) is 1. The third kappa shape index (κ3) is 5.51. The average molecular weight is 376 g/mol. The van der Waals surface area contributed by atoms with Crippen molar-refractivity contribution in [2.75, 3.05) is 13.2 Å². The second kappa shape index (κ2) is 9.66. The molecule has 1 rings (SSSR count). The highest BCUT2D eigenvalue weighted by Gasteiger charge is 2.30. The van der Waals surface area contributed by atoms with E-state index in [-0.39, 0.29) is 35.0 Å². The number of ketones is 1. The van der Waals surface area contributed by atoms with Crippen molar-refractivity contribution in [3.8, 4) is 0 Å². The van der Waals surface area contributed by atoms with Crippen LogP contribution in [-0.4, -0.2) is 52.5 Å². The van der Waals surface area contributed by atoms with Gasteiger partial charge in [-0.2, -0.15) is 0 Å². The lowest BCUT2D eigenvalue weighted by molar-refractivity contribution is -0.143. The Morgan fingerprint density at radius 1 is 1.38 bits per heavy atom. The summed E-state index contributed by atoms with van der Waals surface area (Å²) in [7, 11) is 0. The largest absolute Gasteiger partial charge is 0.465 e. The number of aliphatic imine (C=N–C) groups is 1. The van der Waals surface area contributed by atoms with E-state index in [4.69, 9.17) is 27.9 Å². The molecule has 132 valence electrons. The van der Waals surface area contributed by atoms with Gasteiger partial charge in [0.1, 0.15) is 0 Å². The molecule has 0 saturated heterocycles. The monoisotopic (exact) mass is 375 g/mol. The highest BCUT2D eigenvalue weighted by atomic mass is 35.5. The van der Waals surface area contributed by atoms with Gasteiger partial charge in [-0.25, -0.2) is 0 Å². The number of rotatable bonds is 8. The Morgan fingerprint density at radius 3 is 2.58 bits per heavy atom. The zero-order valence-corrected chi connectivity index (χ0v) is 15.1. The second-order valence-corrected chi connectivity index (χ2v) is 6.00. The molecule has 0 aliphatic carbocycles. The van der Waals surface area contributed by atoms with Crippen molar-refractivity contribution in [2.45, 2.75) is 26.8 Å². The maximum absolute atomic E-state index is 12.6. The Bertz CT molecular complexity index is 623. The first-order valence-electron chi connectivity index (χ1n) is 7.35. The number of carbonyl (C=O) groups is 2. The lowest BCUT2D eigenvalue weighted by Gasteiger charge is -2.15. The zero-order chi connectivity index (χ0) is 18.3. The number of aromatic nitrogens is 2. The van der Waals surface area contributed by atoms with Gasteiger partial charge in [-0.15, -0.1) is 10.2 Å². The Morgan fingerprint density at radius 2 is 2.04 bits per heavy atom. The van der Waals surface area contributed by atoms with Crippen LogP contribution >= 0.6 is 23.2 Å². The number of carbonyl (C=O) groups excluding carboxylic acids is 2. The number of esters is 1. The molecule has 0 amide bonds. The molecule has 0 aliphatic rings. The molecule has 0 aliphatic heterocycles. The van der Waals surface area contributed by atoms with E-state index in [1.165, 1.54) is 12.3 Å². The Balaban J connectivity index is 3.18. The van der Waals surface area contributed by atoms with Crippen molar-refractivity contribution >= 4 is 41.2 Å². The summed E-state index contributed by atoms with van der Waals surface area (Å²) in [5.74, 6) is -2.70. The van der Waals surface area contributed by atoms with Gasteiger partial charge in [0.05, 0.1) is 24.8 Å². The Kier molecular flexibility index (Phi) is 8.24. The zero-order valence-electron chi connectivity index (χ0n) is 13.6. The second-order valence-electron chi connectivity index (χ2n) is 5.26. The van der Waals surface area contributed by atoms with Crippen LogP contribution in [0.25, 0.3) is 0 Å². The number of aliphatic hydroxyl groups excluding tert-OH is 1. The standard InChI is InChI=1S/C15H19Cl2N3O4/c1-4-24-15(23)10(6-18-11(7-21)8(2)3)13(22)9-5-12(16)19-20-14(9)17/h5-6,8,10-11,21H,4,7H2,1-3H3/t10?,11-/m1/s1. The number of aliphatic hydroxyl groups is 1. The predicted octanol–water partition coefficient (Wildman–Crippen LogP) is 2.23. The van der Waals surface area contributed by atoms with Crippen molar-refractivity contribution in [1.82, 2.24) is 10.2 Å². The highest BCUT2D eigenvalue weighted by molar-refractivity contribution is 6.35. The number of hydrogen-bond acceptors (Lipinski definition) is 7. The number of hydrogen-bond donors (Lipinski definition) is 1. The van der Waals surface area contributed by atoms with E-state index in [0.29, 0.717) is 0 Å². The van der Waals surface area contributed by atoms with Gasteiger partial charge < -0.3 is 9.84 Å². The first-order valence-corrected chi connectivity index (χ1v) is 8.11. The molecule has 0 bridgehead atoms. The van der Waals surface area contributed by atoms with Crippen LogP contribution in [0.5, 0.6) is 0 Å². The smallest absolute Gasteiger partial charge is 0.322 e. The topological polar surface area (TPSA) is 102 Å². The van der Waals surface area contributed by atoms with Crippen LogP contribution in [0.2, 0.25) is 10.3 Å². The van der Waals surface area contributed by atoms with E-state index >= 15 is 0 Å². The molecular weight excluding hydrogens is 357 g/mol. The minimum absolute atomic E-state index is 0.0299. The summed E-state index contributed by atoms with van der Waals surface area (Å²) in [4.78, 5) is 28.9. The maximum atomic E-state index is 12.6. The van der Waals surface area contributed by atoms with Crippen LogP contribution < -0.4 is 0 Å². The lowest BCUT2D eigenvalue weighted by Crippen LogP contribution is -2.29. The van der Waals surface area contributed by atoms with Gasteiger partial charge in [0.25, 0.3) is 0 Å². The molecule has 0 radical (unpaired) electrons. The van der Waals surface area contributed by atoms with E-state index in [1.807, 2.05) is 13.8 Å². The van der Waals surface area contributed by atoms with Crippen molar-refractivity contribution < 1.29 is 19.4 Å². The minimum Gasteiger partial charge on any atom is -0.465 e. The van der Waals surface area contributed by atoms with Gasteiger partial charge in [0.15, 0.2) is 22.0 Å². The van der Waals surface area contributed by atoms with Crippen LogP contribution in [0.4, 0.5) is 0 Å². The van der Waals surface area contributed by atoms with Crippen LogP contribution in [0.3, 0.4) is 0 Å². The minimum atomic E-state index is -1.31. The van der Waals surface area contributed by atoms with E-state index in [0.717, 1.165) is 0 Å². The summed E-state index contributed by atoms with van der Waals surface area (Å²) >= 11 is 11.6. The SMILES string of the molecule is CCOC(=O)C(C=N[C@H](CO)C(C)C)C(=O)c1cc(Cl)nnc1Cl. The van der Waals surface area contributed by atoms with E-state index in [1.54, 1.807) is 6.92 Å². The number of nitrogens with zero attached hydrogens (tertiary/aromatic N) is 3. The van der Waals surface area contributed by atoms with Gasteiger partial charge in [-0.3, -0.25) is 14.6 Å². The molecule has 1 unspecified atom stereocenters. The number of Topliss-reactive ketones (excluding diaryl/α,β-unsaturated/α-hetero) is 1. The quantitative estimate of drug-likeness (QED) is 0.323. The van der Waals surface area contributed by atoms with Crippen LogP contribution in [0.15, 0.2) is 11.1 Å². The molecule has 1 heterocycles. The first-order chi connectivity index (χ1) is 11.3. The fraction of sp³-hybridized carbons (Fsp3) is 0.533. The molecule has 1 aromatic rings. The van der Waals surface area contributed by atoms with E-state index in [2.05, 4.69) is 15.2 Å². The van der Waals surface area contributed by atoms with Crippen LogP contribution in [-0.2, 0) is 9.53 Å². The fourth-order valence-corrected chi connectivity index (χ4v) is 2.12. The molecule has 2 atom stereocenters. The summed E-state index contributed by atoms with van der Waals surface area (Å²) in [6.45, 7) is 5.25. The fourth-order valence-electron chi connectivity index (χ4n) is 1.79. The predicted molar refractivity (Wildman–Crippen MR) is 90.7 cm³/mol. The molecular formula is C15H19Cl2N3O4. The van der Waals surface area contributed by atoms with E-state index in [9.17, 15) is 14.7 Å². The summed E-state index contributed by atoms with van der Waals surface area (Å²) in [6, 6.07) is 0.787. The van der Waals surface area contributed by atoms with Gasteiger partial charge >= 0.3 is 5.97 Å². The average Bonchev–Trinajstić information content (AvgIpc) is 2.53. The molecule has 1 aromatic heterocycles. The summed E-state index contributed by atoms with van der Waals surface area (Å²) in [5.41, 5.74) is -0.0498. The lowest BCUT2D eigenvalue weighted by atomic mass is 9.99. The molecule has 7 nitrogen and oxygen atoms in total. The van der Waals surface area contributed by atoms with Crippen molar-refractivity contribution in [2.24, 2.45) is 16.8 Å². The third-order valence-corrected chi connectivity index (χ3v) is 3.65.